The standard InChI is InChI=1S/C19H20FNO4/c1-12(2)19(18(23)24)9-10-21(11-19)17(22)16-8-7-15(25-16)13-3-5-14(20)6-4-13/h3-8,12H,9-11H2,1-2H3,(H,23,24). The van der Waals surface area contributed by atoms with E-state index in [1.165, 1.54) is 17.0 Å². The summed E-state index contributed by atoms with van der Waals surface area (Å²) in [6.45, 7) is 4.28. The van der Waals surface area contributed by atoms with Gasteiger partial charge in [-0.05, 0) is 48.7 Å². The highest BCUT2D eigenvalue weighted by Gasteiger charge is 2.48. The van der Waals surface area contributed by atoms with Gasteiger partial charge >= 0.3 is 5.97 Å². The van der Waals surface area contributed by atoms with Crippen LogP contribution in [-0.4, -0.2) is 35.0 Å². The molecule has 1 atom stereocenters. The number of hydrogen-bond acceptors (Lipinski definition) is 3. The predicted octanol–water partition coefficient (Wildman–Crippen LogP) is 3.66. The molecule has 1 aliphatic heterocycles. The molecule has 5 nitrogen and oxygen atoms in total. The molecular formula is C19H20FNO4. The molecule has 0 radical (unpaired) electrons. The second-order valence-electron chi connectivity index (χ2n) is 6.76. The van der Waals surface area contributed by atoms with E-state index in [0.29, 0.717) is 24.3 Å². The van der Waals surface area contributed by atoms with Crippen molar-refractivity contribution in [1.82, 2.24) is 4.90 Å². The molecule has 0 bridgehead atoms. The molecule has 1 unspecified atom stereocenters. The Morgan fingerprint density at radius 2 is 1.88 bits per heavy atom. The number of furan rings is 1. The van der Waals surface area contributed by atoms with Gasteiger partial charge in [0.2, 0.25) is 0 Å². The molecule has 1 fully saturated rings. The van der Waals surface area contributed by atoms with Gasteiger partial charge in [-0.3, -0.25) is 9.59 Å². The summed E-state index contributed by atoms with van der Waals surface area (Å²) in [5.41, 5.74) is -0.244. The monoisotopic (exact) mass is 345 g/mol. The molecule has 0 aliphatic carbocycles. The van der Waals surface area contributed by atoms with Gasteiger partial charge in [0.25, 0.3) is 5.91 Å². The summed E-state index contributed by atoms with van der Waals surface area (Å²) in [5, 5.41) is 9.59. The van der Waals surface area contributed by atoms with Crippen LogP contribution in [0.15, 0.2) is 40.8 Å². The molecule has 2 heterocycles. The van der Waals surface area contributed by atoms with Crippen LogP contribution < -0.4 is 0 Å². The first-order valence-electron chi connectivity index (χ1n) is 8.22. The third-order valence-corrected chi connectivity index (χ3v) is 5.06. The summed E-state index contributed by atoms with van der Waals surface area (Å²) in [6.07, 6.45) is 0.428. The third kappa shape index (κ3) is 3.04. The van der Waals surface area contributed by atoms with Crippen molar-refractivity contribution in [2.45, 2.75) is 20.3 Å². The first kappa shape index (κ1) is 17.2. The fraction of sp³-hybridized carbons (Fsp3) is 0.368. The highest BCUT2D eigenvalue weighted by Crippen LogP contribution is 2.39. The number of hydrogen-bond donors (Lipinski definition) is 1. The van der Waals surface area contributed by atoms with Crippen LogP contribution in [0.4, 0.5) is 4.39 Å². The average Bonchev–Trinajstić information content (AvgIpc) is 3.23. The number of benzene rings is 1. The topological polar surface area (TPSA) is 70.8 Å². The van der Waals surface area contributed by atoms with Crippen molar-refractivity contribution >= 4 is 11.9 Å². The van der Waals surface area contributed by atoms with Gasteiger partial charge in [-0.2, -0.15) is 0 Å². The normalized spacial score (nSPS) is 20.2. The van der Waals surface area contributed by atoms with Crippen molar-refractivity contribution in [1.29, 1.82) is 0 Å². The maximum Gasteiger partial charge on any atom is 0.311 e. The van der Waals surface area contributed by atoms with Crippen LogP contribution in [0.25, 0.3) is 11.3 Å². The highest BCUT2D eigenvalue weighted by atomic mass is 19.1. The van der Waals surface area contributed by atoms with E-state index in [1.54, 1.807) is 24.3 Å². The molecule has 1 aliphatic rings. The number of halogens is 1. The number of carbonyl (C=O) groups excluding carboxylic acids is 1. The predicted molar refractivity (Wildman–Crippen MR) is 89.5 cm³/mol. The first-order chi connectivity index (χ1) is 11.8. The van der Waals surface area contributed by atoms with Gasteiger partial charge in [0, 0.05) is 18.7 Å². The van der Waals surface area contributed by atoms with Crippen LogP contribution in [0.5, 0.6) is 0 Å². The van der Waals surface area contributed by atoms with E-state index in [4.69, 9.17) is 4.42 Å². The lowest BCUT2D eigenvalue weighted by Gasteiger charge is -2.28. The van der Waals surface area contributed by atoms with Crippen LogP contribution in [0.2, 0.25) is 0 Å². The van der Waals surface area contributed by atoms with Crippen molar-refractivity contribution in [2.75, 3.05) is 13.1 Å². The lowest BCUT2D eigenvalue weighted by Crippen LogP contribution is -2.40. The SMILES string of the molecule is CC(C)C1(C(=O)O)CCN(C(=O)c2ccc(-c3ccc(F)cc3)o2)C1. The Bertz CT molecular complexity index is 796. The van der Waals surface area contributed by atoms with Gasteiger partial charge < -0.3 is 14.4 Å². The van der Waals surface area contributed by atoms with Gasteiger partial charge in [0.15, 0.2) is 5.76 Å². The molecular weight excluding hydrogens is 325 g/mol. The van der Waals surface area contributed by atoms with E-state index in [1.807, 2.05) is 13.8 Å². The van der Waals surface area contributed by atoms with Crippen molar-refractivity contribution < 1.29 is 23.5 Å². The van der Waals surface area contributed by atoms with Crippen LogP contribution >= 0.6 is 0 Å². The Morgan fingerprint density at radius 3 is 2.44 bits per heavy atom. The van der Waals surface area contributed by atoms with E-state index in [-0.39, 0.29) is 29.9 Å². The molecule has 6 heteroatoms. The Kier molecular flexibility index (Phi) is 4.37. The number of nitrogens with zero attached hydrogens (tertiary/aromatic N) is 1. The van der Waals surface area contributed by atoms with Crippen LogP contribution in [0.1, 0.15) is 30.8 Å². The summed E-state index contributed by atoms with van der Waals surface area (Å²) in [6, 6.07) is 9.02. The number of amides is 1. The van der Waals surface area contributed by atoms with Crippen LogP contribution in [-0.2, 0) is 4.79 Å². The lowest BCUT2D eigenvalue weighted by atomic mass is 9.76. The first-order valence-corrected chi connectivity index (χ1v) is 8.22. The fourth-order valence-electron chi connectivity index (χ4n) is 3.28. The molecule has 1 amide bonds. The number of carboxylic acids is 1. The number of carbonyl (C=O) groups is 2. The average molecular weight is 345 g/mol. The van der Waals surface area contributed by atoms with Gasteiger partial charge in [-0.15, -0.1) is 0 Å². The number of carboxylic acid groups (broad SMARTS) is 1. The minimum atomic E-state index is -0.915. The second-order valence-corrected chi connectivity index (χ2v) is 6.76. The summed E-state index contributed by atoms with van der Waals surface area (Å²) in [7, 11) is 0. The highest BCUT2D eigenvalue weighted by molar-refractivity contribution is 5.93. The van der Waals surface area contributed by atoms with Crippen molar-refractivity contribution in [3.63, 3.8) is 0 Å². The molecule has 1 saturated heterocycles. The zero-order valence-corrected chi connectivity index (χ0v) is 14.2. The summed E-state index contributed by atoms with van der Waals surface area (Å²) in [4.78, 5) is 25.9. The van der Waals surface area contributed by atoms with Crippen molar-refractivity contribution in [2.24, 2.45) is 11.3 Å². The van der Waals surface area contributed by atoms with Gasteiger partial charge in [-0.25, -0.2) is 4.39 Å². The molecule has 25 heavy (non-hydrogen) atoms. The number of rotatable bonds is 4. The zero-order chi connectivity index (χ0) is 18.2. The Hall–Kier alpha value is -2.63. The maximum atomic E-state index is 13.0. The van der Waals surface area contributed by atoms with E-state index < -0.39 is 11.4 Å². The van der Waals surface area contributed by atoms with Gasteiger partial charge in [-0.1, -0.05) is 13.8 Å². The van der Waals surface area contributed by atoms with Gasteiger partial charge in [0.1, 0.15) is 11.6 Å². The zero-order valence-electron chi connectivity index (χ0n) is 14.2. The van der Waals surface area contributed by atoms with E-state index in [9.17, 15) is 19.1 Å². The lowest BCUT2D eigenvalue weighted by molar-refractivity contribution is -0.150. The summed E-state index contributed by atoms with van der Waals surface area (Å²) >= 11 is 0. The molecule has 3 rings (SSSR count). The summed E-state index contributed by atoms with van der Waals surface area (Å²) < 4.78 is 18.6. The number of likely N-dealkylation sites (tertiary alicyclic amines) is 1. The smallest absolute Gasteiger partial charge is 0.311 e. The molecule has 1 N–H and O–H groups in total. The van der Waals surface area contributed by atoms with Crippen LogP contribution in [0.3, 0.4) is 0 Å². The minimum Gasteiger partial charge on any atom is -0.481 e. The molecule has 0 saturated carbocycles. The van der Waals surface area contributed by atoms with Crippen molar-refractivity contribution in [3.8, 4) is 11.3 Å². The third-order valence-electron chi connectivity index (χ3n) is 5.06. The van der Waals surface area contributed by atoms with Crippen molar-refractivity contribution in [3.05, 3.63) is 48.0 Å². The molecule has 2 aromatic rings. The minimum absolute atomic E-state index is 0.0748. The molecule has 132 valence electrons. The van der Waals surface area contributed by atoms with E-state index in [2.05, 4.69) is 0 Å². The van der Waals surface area contributed by atoms with Crippen LogP contribution in [0, 0.1) is 17.2 Å². The molecule has 1 aromatic heterocycles. The maximum absolute atomic E-state index is 13.0. The molecule has 0 spiro atoms. The Balaban J connectivity index is 1.79. The summed E-state index contributed by atoms with van der Waals surface area (Å²) in [5.74, 6) is -0.988. The Labute approximate surface area is 145 Å². The Morgan fingerprint density at radius 1 is 1.20 bits per heavy atom. The molecule has 1 aromatic carbocycles. The van der Waals surface area contributed by atoms with Gasteiger partial charge in [0.05, 0.1) is 5.41 Å². The quantitative estimate of drug-likeness (QED) is 0.918. The fourth-order valence-corrected chi connectivity index (χ4v) is 3.28. The second kappa shape index (κ2) is 6.35. The van der Waals surface area contributed by atoms with E-state index in [0.717, 1.165) is 0 Å². The largest absolute Gasteiger partial charge is 0.481 e. The number of aliphatic carboxylic acids is 1. The van der Waals surface area contributed by atoms with E-state index >= 15 is 0 Å².